The van der Waals surface area contributed by atoms with Crippen molar-refractivity contribution in [1.82, 2.24) is 14.9 Å². The Hall–Kier alpha value is -1.77. The fourth-order valence-corrected chi connectivity index (χ4v) is 1.11. The van der Waals surface area contributed by atoms with Crippen LogP contribution in [0, 0.1) is 4.91 Å². The van der Waals surface area contributed by atoms with Crippen LogP contribution < -0.4 is 5.32 Å². The summed E-state index contributed by atoms with van der Waals surface area (Å²) in [5, 5.41) is 4.51. The van der Waals surface area contributed by atoms with Gasteiger partial charge in [-0.2, -0.15) is 13.2 Å². The largest absolute Gasteiger partial charge is 0.401 e. The summed E-state index contributed by atoms with van der Waals surface area (Å²) in [6.07, 6.45) is -1.74. The predicted octanol–water partition coefficient (Wildman–Crippen LogP) is 1.00. The van der Waals surface area contributed by atoms with E-state index in [1.807, 2.05) is 5.32 Å². The number of carbonyl (C=O) groups excluding carboxylic acids is 1. The van der Waals surface area contributed by atoms with E-state index in [9.17, 15) is 22.9 Å². The van der Waals surface area contributed by atoms with Crippen molar-refractivity contribution in [3.8, 4) is 0 Å². The fourth-order valence-electron chi connectivity index (χ4n) is 1.11. The van der Waals surface area contributed by atoms with E-state index in [1.165, 1.54) is 12.4 Å². The van der Waals surface area contributed by atoms with Gasteiger partial charge in [0, 0.05) is 17.6 Å². The highest BCUT2D eigenvalue weighted by Gasteiger charge is 2.26. The van der Waals surface area contributed by atoms with Gasteiger partial charge in [-0.25, -0.2) is 4.98 Å². The van der Waals surface area contributed by atoms with E-state index in [1.54, 1.807) is 0 Å². The molecular weight excluding hydrogens is 241 g/mol. The lowest BCUT2D eigenvalue weighted by Gasteiger charge is -2.07. The summed E-state index contributed by atoms with van der Waals surface area (Å²) >= 11 is 0. The lowest BCUT2D eigenvalue weighted by atomic mass is 10.4. The van der Waals surface area contributed by atoms with Crippen LogP contribution in [-0.4, -0.2) is 34.6 Å². The van der Waals surface area contributed by atoms with E-state index in [-0.39, 0.29) is 12.5 Å². The van der Waals surface area contributed by atoms with E-state index < -0.39 is 25.0 Å². The molecule has 0 saturated heterocycles. The second kappa shape index (κ2) is 5.53. The van der Waals surface area contributed by atoms with Gasteiger partial charge in [0.05, 0.1) is 19.6 Å². The molecule has 0 unspecified atom stereocenters. The zero-order chi connectivity index (χ0) is 12.9. The molecule has 0 radical (unpaired) electrons. The summed E-state index contributed by atoms with van der Waals surface area (Å²) in [4.78, 5) is 25.0. The third-order valence-electron chi connectivity index (χ3n) is 1.77. The highest BCUT2D eigenvalue weighted by Crippen LogP contribution is 2.12. The van der Waals surface area contributed by atoms with Crippen molar-refractivity contribution in [2.75, 3.05) is 13.1 Å². The Kier molecular flexibility index (Phi) is 4.32. The minimum atomic E-state index is -4.36. The number of imidazole rings is 1. The van der Waals surface area contributed by atoms with E-state index in [4.69, 9.17) is 0 Å². The van der Waals surface area contributed by atoms with Crippen LogP contribution in [0.5, 0.6) is 0 Å². The van der Waals surface area contributed by atoms with Crippen molar-refractivity contribution in [3.05, 3.63) is 17.3 Å². The normalized spacial score (nSPS) is 11.5. The number of alkyl halides is 3. The van der Waals surface area contributed by atoms with Crippen LogP contribution in [0.4, 0.5) is 19.1 Å². The van der Waals surface area contributed by atoms with Crippen molar-refractivity contribution in [3.63, 3.8) is 0 Å². The Balaban J connectivity index is 2.38. The third-order valence-corrected chi connectivity index (χ3v) is 1.77. The summed E-state index contributed by atoms with van der Waals surface area (Å²) in [6, 6.07) is 0. The average Bonchev–Trinajstić information content (AvgIpc) is 2.63. The van der Waals surface area contributed by atoms with Gasteiger partial charge >= 0.3 is 6.18 Å². The second-order valence-corrected chi connectivity index (χ2v) is 3.20. The first kappa shape index (κ1) is 13.3. The quantitative estimate of drug-likeness (QED) is 0.764. The molecule has 0 fully saturated rings. The van der Waals surface area contributed by atoms with Crippen LogP contribution in [0.25, 0.3) is 0 Å². The molecule has 0 aromatic carbocycles. The molecule has 1 N–H and O–H groups in total. The Morgan fingerprint density at radius 1 is 1.53 bits per heavy atom. The maximum absolute atomic E-state index is 11.8. The highest BCUT2D eigenvalue weighted by molar-refractivity contribution is 5.80. The van der Waals surface area contributed by atoms with Gasteiger partial charge in [0.25, 0.3) is 5.95 Å². The molecule has 0 atom stereocenters. The third kappa shape index (κ3) is 4.72. The van der Waals surface area contributed by atoms with Crippen LogP contribution in [0.15, 0.2) is 17.6 Å². The van der Waals surface area contributed by atoms with Crippen LogP contribution in [0.1, 0.15) is 0 Å². The first-order valence-corrected chi connectivity index (χ1v) is 4.56. The van der Waals surface area contributed by atoms with Crippen molar-refractivity contribution in [2.24, 2.45) is 5.18 Å². The molecular formula is C8H9F3N4O2. The first-order valence-electron chi connectivity index (χ1n) is 4.56. The Morgan fingerprint density at radius 3 is 2.82 bits per heavy atom. The lowest BCUT2D eigenvalue weighted by molar-refractivity contribution is -0.127. The molecule has 94 valence electrons. The Labute approximate surface area is 93.8 Å². The molecule has 1 aromatic heterocycles. The van der Waals surface area contributed by atoms with E-state index in [2.05, 4.69) is 10.2 Å². The highest BCUT2D eigenvalue weighted by atomic mass is 19.4. The van der Waals surface area contributed by atoms with Crippen molar-refractivity contribution in [2.45, 2.75) is 12.7 Å². The molecule has 0 bridgehead atoms. The van der Waals surface area contributed by atoms with Crippen LogP contribution in [-0.2, 0) is 11.3 Å². The molecule has 6 nitrogen and oxygen atoms in total. The standard InChI is InChI=1S/C8H9F3N4O2/c9-8(10,11)5-12-3-6(16)4-15-2-1-13-7(15)14-17/h1-2,12H,3-5H2. The predicted molar refractivity (Wildman–Crippen MR) is 51.6 cm³/mol. The summed E-state index contributed by atoms with van der Waals surface area (Å²) in [5.41, 5.74) is 0. The molecule has 0 spiro atoms. The molecule has 9 heteroatoms. The van der Waals surface area contributed by atoms with E-state index >= 15 is 0 Å². The zero-order valence-corrected chi connectivity index (χ0v) is 8.57. The number of nitrogens with zero attached hydrogens (tertiary/aromatic N) is 3. The van der Waals surface area contributed by atoms with Gasteiger partial charge in [0.15, 0.2) is 5.78 Å². The van der Waals surface area contributed by atoms with Gasteiger partial charge in [-0.3, -0.25) is 4.79 Å². The van der Waals surface area contributed by atoms with Crippen molar-refractivity contribution in [1.29, 1.82) is 0 Å². The van der Waals surface area contributed by atoms with Crippen molar-refractivity contribution >= 4 is 11.7 Å². The molecule has 1 heterocycles. The topological polar surface area (TPSA) is 76.3 Å². The van der Waals surface area contributed by atoms with Gasteiger partial charge in [-0.1, -0.05) is 0 Å². The molecule has 0 aliphatic heterocycles. The number of halogens is 3. The summed E-state index contributed by atoms with van der Waals surface area (Å²) < 4.78 is 36.4. The van der Waals surface area contributed by atoms with Crippen LogP contribution in [0.3, 0.4) is 0 Å². The number of ketones is 1. The van der Waals surface area contributed by atoms with Crippen LogP contribution >= 0.6 is 0 Å². The number of nitroso groups, excluding NO2 is 1. The minimum Gasteiger partial charge on any atom is -0.305 e. The molecule has 17 heavy (non-hydrogen) atoms. The number of Topliss-reactive ketones (excluding diaryl/α,β-unsaturated/α-hetero) is 1. The molecule has 0 amide bonds. The maximum atomic E-state index is 11.8. The number of rotatable bonds is 6. The van der Waals surface area contributed by atoms with Gasteiger partial charge in [0.2, 0.25) is 0 Å². The van der Waals surface area contributed by atoms with E-state index in [0.29, 0.717) is 0 Å². The number of aromatic nitrogens is 2. The zero-order valence-electron chi connectivity index (χ0n) is 8.57. The molecule has 0 aliphatic rings. The number of hydrogen-bond donors (Lipinski definition) is 1. The summed E-state index contributed by atoms with van der Waals surface area (Å²) in [6.45, 7) is -1.91. The number of nitrogens with one attached hydrogen (secondary N) is 1. The molecule has 0 saturated carbocycles. The monoisotopic (exact) mass is 250 g/mol. The van der Waals surface area contributed by atoms with Gasteiger partial charge < -0.3 is 9.88 Å². The first-order chi connectivity index (χ1) is 7.92. The smallest absolute Gasteiger partial charge is 0.305 e. The summed E-state index contributed by atoms with van der Waals surface area (Å²) in [7, 11) is 0. The molecule has 1 aromatic rings. The maximum Gasteiger partial charge on any atom is 0.401 e. The van der Waals surface area contributed by atoms with Gasteiger partial charge in [-0.05, 0) is 0 Å². The minimum absolute atomic E-state index is 0.186. The van der Waals surface area contributed by atoms with E-state index in [0.717, 1.165) is 4.57 Å². The number of carbonyl (C=O) groups is 1. The molecule has 1 rings (SSSR count). The molecule has 0 aliphatic carbocycles. The Bertz CT molecular complexity index is 402. The number of hydrogen-bond acceptors (Lipinski definition) is 5. The SMILES string of the molecule is O=Nc1nccn1CC(=O)CNCC(F)(F)F. The fraction of sp³-hybridized carbons (Fsp3) is 0.500. The Morgan fingerprint density at radius 2 is 2.24 bits per heavy atom. The summed E-state index contributed by atoms with van der Waals surface area (Å²) in [5.74, 6) is -0.689. The lowest BCUT2D eigenvalue weighted by Crippen LogP contribution is -2.33. The average molecular weight is 250 g/mol. The van der Waals surface area contributed by atoms with Gasteiger partial charge in [0.1, 0.15) is 0 Å². The van der Waals surface area contributed by atoms with Crippen molar-refractivity contribution < 1.29 is 18.0 Å². The van der Waals surface area contributed by atoms with Gasteiger partial charge in [-0.15, -0.1) is 4.91 Å². The second-order valence-electron chi connectivity index (χ2n) is 3.20. The van der Waals surface area contributed by atoms with Crippen LogP contribution in [0.2, 0.25) is 0 Å².